The standard InChI is InChI=1S/3C6H5.CH3.2ClH.Mn.O2P/c3*1-2-4-6-5-3-1;;;;;1-3-2/h3*1-5H;1H3;2*1H;;/q;;;;;;+2;/p-2. The topological polar surface area (TPSA) is 34.1 Å². The summed E-state index contributed by atoms with van der Waals surface area (Å²) < 4.78 is 28.4. The third kappa shape index (κ3) is 3.24. The van der Waals surface area contributed by atoms with Crippen LogP contribution in [0.1, 0.15) is 0 Å². The van der Waals surface area contributed by atoms with Crippen molar-refractivity contribution in [2.75, 3.05) is 0 Å². The smallest absolute Gasteiger partial charge is 1.00 e. The molecule has 0 aliphatic carbocycles. The fraction of sp³-hybridized carbons (Fsp3) is 0.0526. The third-order valence-corrected chi connectivity index (χ3v) is 16.7. The van der Waals surface area contributed by atoms with Crippen LogP contribution in [0.3, 0.4) is 0 Å². The number of hydrogen-bond donors (Lipinski definition) is 0. The quantitative estimate of drug-likeness (QED) is 0.345. The van der Waals surface area contributed by atoms with Gasteiger partial charge in [0.1, 0.15) is 0 Å². The molecule has 0 fully saturated rings. The van der Waals surface area contributed by atoms with Gasteiger partial charge >= 0.3 is 137 Å². The maximum atomic E-state index is 12.9. The van der Waals surface area contributed by atoms with Gasteiger partial charge in [0, 0.05) is 0 Å². The minimum atomic E-state index is -3.90. The molecular formula is C19H18Cl2MnO2P. The normalized spacial score (nSPS) is 12.0. The van der Waals surface area contributed by atoms with E-state index in [0.717, 1.165) is 13.4 Å². The zero-order valence-corrected chi connectivity index (χ0v) is 17.1. The van der Waals surface area contributed by atoms with Crippen LogP contribution in [0.15, 0.2) is 91.0 Å². The molecule has 3 aromatic rings. The first-order chi connectivity index (χ1) is 11.1. The van der Waals surface area contributed by atoms with Crippen molar-refractivity contribution in [1.29, 1.82) is 0 Å². The molecule has 0 spiro atoms. The zero-order valence-electron chi connectivity index (χ0n) is 13.6. The van der Waals surface area contributed by atoms with Crippen molar-refractivity contribution >= 4 is 19.8 Å². The van der Waals surface area contributed by atoms with E-state index in [1.165, 1.54) is 0 Å². The third-order valence-electron chi connectivity index (χ3n) is 4.15. The molecule has 0 heterocycles. The summed E-state index contributed by atoms with van der Waals surface area (Å²) in [5.74, 6) is 1.95. The molecule has 3 rings (SSSR count). The van der Waals surface area contributed by atoms with E-state index in [-0.39, 0.29) is 24.8 Å². The minimum absolute atomic E-state index is 0. The molecule has 0 aromatic heterocycles. The van der Waals surface area contributed by atoms with E-state index in [1.807, 2.05) is 96.8 Å². The van der Waals surface area contributed by atoms with Crippen LogP contribution in [-0.4, -0.2) is 0 Å². The Morgan fingerprint density at radius 2 is 0.800 bits per heavy atom. The second-order valence-electron chi connectivity index (χ2n) is 5.37. The molecule has 0 saturated carbocycles. The number of halogens is 2. The van der Waals surface area contributed by atoms with Gasteiger partial charge in [-0.3, -0.25) is 0 Å². The Morgan fingerprint density at radius 3 is 1.00 bits per heavy atom. The van der Waals surface area contributed by atoms with Gasteiger partial charge in [0.15, 0.2) is 0 Å². The Bertz CT molecular complexity index is 778. The van der Waals surface area contributed by atoms with Crippen molar-refractivity contribution in [1.82, 2.24) is 0 Å². The van der Waals surface area contributed by atoms with Gasteiger partial charge in [-0.1, -0.05) is 0 Å². The number of benzene rings is 3. The van der Waals surface area contributed by atoms with E-state index in [9.17, 15) is 9.13 Å². The number of rotatable bonds is 4. The first-order valence-electron chi connectivity index (χ1n) is 7.21. The van der Waals surface area contributed by atoms with Crippen LogP contribution >= 0.6 is 6.37 Å². The summed E-state index contributed by atoms with van der Waals surface area (Å²) in [6.07, 6.45) is -2.70. The summed E-state index contributed by atoms with van der Waals surface area (Å²) in [4.78, 5) is 0. The molecule has 0 radical (unpaired) electrons. The van der Waals surface area contributed by atoms with Gasteiger partial charge < -0.3 is 24.8 Å². The number of hydrogen-bond acceptors (Lipinski definition) is 2. The molecule has 2 nitrogen and oxygen atoms in total. The van der Waals surface area contributed by atoms with Gasteiger partial charge in [0.25, 0.3) is 0 Å². The summed E-state index contributed by atoms with van der Waals surface area (Å²) in [6.45, 7) is 0. The average molecular weight is 435 g/mol. The van der Waals surface area contributed by atoms with E-state index >= 15 is 0 Å². The molecule has 6 heteroatoms. The summed E-state index contributed by atoms with van der Waals surface area (Å²) in [7, 11) is 0. The van der Waals surface area contributed by atoms with E-state index in [1.54, 1.807) is 0 Å². The van der Waals surface area contributed by atoms with Crippen LogP contribution in [0.25, 0.3) is 0 Å². The van der Waals surface area contributed by atoms with Crippen LogP contribution in [0.4, 0.5) is 0 Å². The Hall–Kier alpha value is -1.34. The minimum Gasteiger partial charge on any atom is -1.00 e. The second-order valence-corrected chi connectivity index (χ2v) is 16.6. The van der Waals surface area contributed by atoms with Crippen molar-refractivity contribution in [3.8, 4) is 0 Å². The summed E-state index contributed by atoms with van der Waals surface area (Å²) >= 11 is -3.90. The molecule has 0 aliphatic heterocycles. The van der Waals surface area contributed by atoms with Gasteiger partial charge in [-0.25, -0.2) is 0 Å². The average Bonchev–Trinajstić information content (AvgIpc) is 2.63. The maximum absolute atomic E-state index is 12.9. The van der Waals surface area contributed by atoms with Crippen LogP contribution in [0.2, 0.25) is 5.82 Å². The molecule has 0 atom stereocenters. The monoisotopic (exact) mass is 434 g/mol. The molecule has 0 N–H and O–H groups in total. The van der Waals surface area contributed by atoms with E-state index < -0.39 is 17.7 Å². The van der Waals surface area contributed by atoms with Crippen molar-refractivity contribution in [2.45, 2.75) is 5.82 Å². The van der Waals surface area contributed by atoms with Crippen LogP contribution in [-0.2, 0) is 20.5 Å². The first kappa shape index (κ1) is 21.7. The Morgan fingerprint density at radius 1 is 0.560 bits per heavy atom. The van der Waals surface area contributed by atoms with Crippen LogP contribution in [0.5, 0.6) is 0 Å². The van der Waals surface area contributed by atoms with Crippen molar-refractivity contribution in [3.63, 3.8) is 0 Å². The first-order valence-corrected chi connectivity index (χ1v) is 12.8. The molecule has 132 valence electrons. The van der Waals surface area contributed by atoms with Gasteiger partial charge in [-0.05, 0) is 0 Å². The van der Waals surface area contributed by atoms with Gasteiger partial charge in [-0.2, -0.15) is 0 Å². The van der Waals surface area contributed by atoms with Gasteiger partial charge in [0.05, 0.1) is 0 Å². The molecule has 0 saturated heterocycles. The molecule has 0 unspecified atom stereocenters. The Kier molecular flexibility index (Phi) is 7.26. The van der Waals surface area contributed by atoms with Crippen molar-refractivity contribution < 1.29 is 45.3 Å². The van der Waals surface area contributed by atoms with E-state index in [4.69, 9.17) is 0 Å². The molecule has 0 bridgehead atoms. The molecule has 25 heavy (non-hydrogen) atoms. The molecule has 3 aromatic carbocycles. The largest absolute Gasteiger partial charge is 1.00 e. The van der Waals surface area contributed by atoms with Gasteiger partial charge in [-0.15, -0.1) is 0 Å². The fourth-order valence-electron chi connectivity index (χ4n) is 2.79. The van der Waals surface area contributed by atoms with Crippen LogP contribution in [0, 0.1) is 0 Å². The van der Waals surface area contributed by atoms with Crippen LogP contribution < -0.4 is 38.2 Å². The fourth-order valence-corrected chi connectivity index (χ4v) is 11.6. The SMILES string of the molecule is [CH3][Mn+2]([c]1ccccc1)([c]1ccccc1)([c]1ccccc1)[P](=O)=O.[Cl-].[Cl-]. The Balaban J connectivity index is 0.00000156. The summed E-state index contributed by atoms with van der Waals surface area (Å²) in [5, 5.41) is 0. The van der Waals surface area contributed by atoms with E-state index in [2.05, 4.69) is 0 Å². The Labute approximate surface area is 161 Å². The van der Waals surface area contributed by atoms with Crippen molar-refractivity contribution in [2.24, 2.45) is 0 Å². The van der Waals surface area contributed by atoms with Gasteiger partial charge in [0.2, 0.25) is 0 Å². The van der Waals surface area contributed by atoms with E-state index in [0.29, 0.717) is 0 Å². The molecule has 0 aliphatic rings. The summed E-state index contributed by atoms with van der Waals surface area (Å²) in [6, 6.07) is 28.9. The predicted molar refractivity (Wildman–Crippen MR) is 92.4 cm³/mol. The molecular weight excluding hydrogens is 417 g/mol. The predicted octanol–water partition coefficient (Wildman–Crippen LogP) is -2.20. The second kappa shape index (κ2) is 8.36. The maximum Gasteiger partial charge on any atom is -1.00 e. The zero-order chi connectivity index (χ0) is 16.4. The molecule has 0 amide bonds. The van der Waals surface area contributed by atoms with Crippen molar-refractivity contribution in [3.05, 3.63) is 91.0 Å². The summed E-state index contributed by atoms with van der Waals surface area (Å²) in [5.41, 5.74) is 0.